The summed E-state index contributed by atoms with van der Waals surface area (Å²) < 4.78 is 5.67. The van der Waals surface area contributed by atoms with E-state index in [1.54, 1.807) is 4.90 Å². The van der Waals surface area contributed by atoms with E-state index in [0.717, 1.165) is 22.4 Å². The Bertz CT molecular complexity index is 898. The second-order valence-corrected chi connectivity index (χ2v) is 8.01. The first-order chi connectivity index (χ1) is 14.3. The average Bonchev–Trinajstić information content (AvgIpc) is 2.72. The summed E-state index contributed by atoms with van der Waals surface area (Å²) in [7, 11) is 0. The number of para-hydroxylation sites is 1. The van der Waals surface area contributed by atoms with Crippen molar-refractivity contribution in [2.45, 2.75) is 27.7 Å². The SMILES string of the molecule is Cc1ccc(OCC(=O)N2CCN(CC(=O)Nc3c(C)cccc3C)CC2)cc1C. The number of aryl methyl sites for hydroxylation is 4. The van der Waals surface area contributed by atoms with Crippen molar-refractivity contribution in [1.29, 1.82) is 0 Å². The summed E-state index contributed by atoms with van der Waals surface area (Å²) in [6.07, 6.45) is 0. The van der Waals surface area contributed by atoms with Crippen LogP contribution in [0.2, 0.25) is 0 Å². The zero-order chi connectivity index (χ0) is 21.7. The Balaban J connectivity index is 1.43. The van der Waals surface area contributed by atoms with E-state index < -0.39 is 0 Å². The first kappa shape index (κ1) is 21.8. The van der Waals surface area contributed by atoms with Gasteiger partial charge in [0.1, 0.15) is 5.75 Å². The van der Waals surface area contributed by atoms with Crippen LogP contribution in [0.5, 0.6) is 5.75 Å². The van der Waals surface area contributed by atoms with Gasteiger partial charge in [-0.2, -0.15) is 0 Å². The minimum Gasteiger partial charge on any atom is -0.484 e. The summed E-state index contributed by atoms with van der Waals surface area (Å²) in [4.78, 5) is 28.8. The normalized spacial score (nSPS) is 14.5. The molecule has 0 radical (unpaired) electrons. The number of rotatable bonds is 6. The molecule has 1 fully saturated rings. The van der Waals surface area contributed by atoms with E-state index in [1.165, 1.54) is 5.56 Å². The molecule has 1 aliphatic rings. The van der Waals surface area contributed by atoms with Crippen molar-refractivity contribution in [3.8, 4) is 5.75 Å². The molecule has 1 heterocycles. The zero-order valence-corrected chi connectivity index (χ0v) is 18.3. The highest BCUT2D eigenvalue weighted by molar-refractivity contribution is 5.93. The number of nitrogens with one attached hydrogen (secondary N) is 1. The van der Waals surface area contributed by atoms with Gasteiger partial charge in [-0.15, -0.1) is 0 Å². The smallest absolute Gasteiger partial charge is 0.260 e. The Kier molecular flexibility index (Phi) is 7.11. The van der Waals surface area contributed by atoms with Crippen molar-refractivity contribution in [1.82, 2.24) is 9.80 Å². The third kappa shape index (κ3) is 5.60. The Labute approximate surface area is 178 Å². The maximum Gasteiger partial charge on any atom is 0.260 e. The summed E-state index contributed by atoms with van der Waals surface area (Å²) in [5.74, 6) is 0.673. The number of amides is 2. The molecule has 1 aliphatic heterocycles. The van der Waals surface area contributed by atoms with Crippen molar-refractivity contribution in [2.75, 3.05) is 44.6 Å². The van der Waals surface area contributed by atoms with Crippen molar-refractivity contribution in [2.24, 2.45) is 0 Å². The number of ether oxygens (including phenoxy) is 1. The van der Waals surface area contributed by atoms with Crippen molar-refractivity contribution < 1.29 is 14.3 Å². The van der Waals surface area contributed by atoms with E-state index in [4.69, 9.17) is 4.74 Å². The fourth-order valence-electron chi connectivity index (χ4n) is 3.59. The molecular formula is C24H31N3O3. The fraction of sp³-hybridized carbons (Fsp3) is 0.417. The molecule has 0 aliphatic carbocycles. The average molecular weight is 410 g/mol. The van der Waals surface area contributed by atoms with Gasteiger partial charge in [-0.25, -0.2) is 0 Å². The molecule has 6 heteroatoms. The standard InChI is InChI=1S/C24H31N3O3/c1-17-8-9-21(14-20(17)4)30-16-23(29)27-12-10-26(11-13-27)15-22(28)25-24-18(2)6-5-7-19(24)3/h5-9,14H,10-13,15-16H2,1-4H3,(H,25,28). The van der Waals surface area contributed by atoms with Gasteiger partial charge in [-0.05, 0) is 62.1 Å². The Morgan fingerprint density at radius 3 is 2.20 bits per heavy atom. The summed E-state index contributed by atoms with van der Waals surface area (Å²) >= 11 is 0. The molecule has 1 saturated heterocycles. The molecule has 0 saturated carbocycles. The zero-order valence-electron chi connectivity index (χ0n) is 18.3. The number of nitrogens with zero attached hydrogens (tertiary/aromatic N) is 2. The van der Waals surface area contributed by atoms with Crippen LogP contribution in [0, 0.1) is 27.7 Å². The first-order valence-corrected chi connectivity index (χ1v) is 10.4. The molecule has 0 bridgehead atoms. The van der Waals surface area contributed by atoms with Gasteiger partial charge in [-0.3, -0.25) is 14.5 Å². The maximum atomic E-state index is 12.5. The largest absolute Gasteiger partial charge is 0.484 e. The third-order valence-corrected chi connectivity index (χ3v) is 5.68. The number of piperazine rings is 1. The van der Waals surface area contributed by atoms with Crippen molar-refractivity contribution in [3.63, 3.8) is 0 Å². The summed E-state index contributed by atoms with van der Waals surface area (Å²) in [5, 5.41) is 3.03. The summed E-state index contributed by atoms with van der Waals surface area (Å²) in [6.45, 7) is 11.0. The number of anilines is 1. The molecule has 1 N–H and O–H groups in total. The molecule has 3 rings (SSSR count). The minimum absolute atomic E-state index is 0.0205. The maximum absolute atomic E-state index is 12.5. The van der Waals surface area contributed by atoms with Gasteiger partial charge < -0.3 is 15.0 Å². The quantitative estimate of drug-likeness (QED) is 0.797. The lowest BCUT2D eigenvalue weighted by atomic mass is 10.1. The van der Waals surface area contributed by atoms with Crippen LogP contribution in [0.25, 0.3) is 0 Å². The molecule has 0 spiro atoms. The fourth-order valence-corrected chi connectivity index (χ4v) is 3.59. The third-order valence-electron chi connectivity index (χ3n) is 5.68. The Hall–Kier alpha value is -2.86. The Morgan fingerprint density at radius 1 is 0.900 bits per heavy atom. The second-order valence-electron chi connectivity index (χ2n) is 8.01. The van der Waals surface area contributed by atoms with E-state index in [-0.39, 0.29) is 18.4 Å². The van der Waals surface area contributed by atoms with Gasteiger partial charge in [0.05, 0.1) is 6.54 Å². The number of hydrogen-bond acceptors (Lipinski definition) is 4. The van der Waals surface area contributed by atoms with Crippen LogP contribution in [0.3, 0.4) is 0 Å². The van der Waals surface area contributed by atoms with Crippen LogP contribution in [0.15, 0.2) is 36.4 Å². The van der Waals surface area contributed by atoms with Gasteiger partial charge in [0, 0.05) is 31.9 Å². The van der Waals surface area contributed by atoms with Gasteiger partial charge >= 0.3 is 0 Å². The van der Waals surface area contributed by atoms with Crippen LogP contribution in [-0.4, -0.2) is 60.9 Å². The lowest BCUT2D eigenvalue weighted by molar-refractivity contribution is -0.135. The molecule has 160 valence electrons. The molecule has 30 heavy (non-hydrogen) atoms. The van der Waals surface area contributed by atoms with Gasteiger partial charge in [-0.1, -0.05) is 24.3 Å². The lowest BCUT2D eigenvalue weighted by Gasteiger charge is -2.34. The van der Waals surface area contributed by atoms with Crippen LogP contribution in [-0.2, 0) is 9.59 Å². The predicted octanol–water partition coefficient (Wildman–Crippen LogP) is 3.08. The monoisotopic (exact) mass is 409 g/mol. The van der Waals surface area contributed by atoms with Crippen LogP contribution in [0.4, 0.5) is 5.69 Å². The van der Waals surface area contributed by atoms with Crippen LogP contribution < -0.4 is 10.1 Å². The van der Waals surface area contributed by atoms with Crippen LogP contribution in [0.1, 0.15) is 22.3 Å². The topological polar surface area (TPSA) is 61.9 Å². The number of carbonyl (C=O) groups excluding carboxylic acids is 2. The molecule has 0 aromatic heterocycles. The van der Waals surface area contributed by atoms with Gasteiger partial charge in [0.2, 0.25) is 5.91 Å². The predicted molar refractivity (Wildman–Crippen MR) is 119 cm³/mol. The molecular weight excluding hydrogens is 378 g/mol. The minimum atomic E-state index is -0.0229. The molecule has 2 aromatic rings. The molecule has 2 aromatic carbocycles. The molecule has 0 unspecified atom stereocenters. The lowest BCUT2D eigenvalue weighted by Crippen LogP contribution is -2.51. The highest BCUT2D eigenvalue weighted by atomic mass is 16.5. The number of hydrogen-bond donors (Lipinski definition) is 1. The first-order valence-electron chi connectivity index (χ1n) is 10.4. The Morgan fingerprint density at radius 2 is 1.57 bits per heavy atom. The summed E-state index contributed by atoms with van der Waals surface area (Å²) in [5.41, 5.74) is 5.35. The molecule has 6 nitrogen and oxygen atoms in total. The van der Waals surface area contributed by atoms with E-state index in [9.17, 15) is 9.59 Å². The van der Waals surface area contributed by atoms with Crippen molar-refractivity contribution >= 4 is 17.5 Å². The van der Waals surface area contributed by atoms with Crippen molar-refractivity contribution in [3.05, 3.63) is 58.7 Å². The highest BCUT2D eigenvalue weighted by Crippen LogP contribution is 2.19. The van der Waals surface area contributed by atoms with E-state index in [0.29, 0.717) is 38.5 Å². The van der Waals surface area contributed by atoms with Crippen LogP contribution >= 0.6 is 0 Å². The second kappa shape index (κ2) is 9.76. The van der Waals surface area contributed by atoms with E-state index in [1.807, 2.05) is 64.1 Å². The highest BCUT2D eigenvalue weighted by Gasteiger charge is 2.23. The molecule has 0 atom stereocenters. The van der Waals surface area contributed by atoms with Gasteiger partial charge in [0.15, 0.2) is 6.61 Å². The van der Waals surface area contributed by atoms with E-state index in [2.05, 4.69) is 10.2 Å². The number of benzene rings is 2. The summed E-state index contributed by atoms with van der Waals surface area (Å²) in [6, 6.07) is 11.8. The van der Waals surface area contributed by atoms with E-state index >= 15 is 0 Å². The van der Waals surface area contributed by atoms with Gasteiger partial charge in [0.25, 0.3) is 5.91 Å². The number of carbonyl (C=O) groups is 2. The molecule has 2 amide bonds.